The number of non-ortho nitro benzene ring substituents is 1. The predicted octanol–water partition coefficient (Wildman–Crippen LogP) is 4.34. The van der Waals surface area contributed by atoms with Crippen molar-refractivity contribution in [3.8, 4) is 0 Å². The highest BCUT2D eigenvalue weighted by Crippen LogP contribution is 2.25. The summed E-state index contributed by atoms with van der Waals surface area (Å²) < 4.78 is 25.5. The molecule has 1 saturated heterocycles. The molecule has 182 valence electrons. The molecule has 2 aromatic rings. The molecular weight excluding hydrogens is 447 g/mol. The Morgan fingerprint density at radius 3 is 2.18 bits per heavy atom. The van der Waals surface area contributed by atoms with Gasteiger partial charge in [0.1, 0.15) is 12.2 Å². The van der Waals surface area contributed by atoms with Crippen LogP contribution in [0.25, 0.3) is 0 Å². The number of nitrogens with zero attached hydrogens (tertiary/aromatic N) is 4. The number of carbonyl (C=O) groups excluding carboxylic acids is 2. The number of anilines is 1. The van der Waals surface area contributed by atoms with Gasteiger partial charge in [0.05, 0.1) is 29.8 Å². The number of carbonyl (C=O) groups is 2. The summed E-state index contributed by atoms with van der Waals surface area (Å²) in [6, 6.07) is 12.5. The summed E-state index contributed by atoms with van der Waals surface area (Å²) in [5, 5.41) is 13.2. The molecule has 0 unspecified atom stereocenters. The fourth-order valence-corrected chi connectivity index (χ4v) is 3.38. The first kappa shape index (κ1) is 24.7. The highest BCUT2D eigenvalue weighted by atomic mass is 19.1. The van der Waals surface area contributed by atoms with Crippen molar-refractivity contribution in [2.24, 2.45) is 0 Å². The Labute approximate surface area is 196 Å². The van der Waals surface area contributed by atoms with Crippen LogP contribution in [0.2, 0.25) is 0 Å². The zero-order valence-corrected chi connectivity index (χ0v) is 19.3. The highest BCUT2D eigenvalue weighted by molar-refractivity contribution is 5.75. The number of hydrazine groups is 1. The first-order valence-electron chi connectivity index (χ1n) is 10.7. The summed E-state index contributed by atoms with van der Waals surface area (Å²) in [6.45, 7) is 5.47. The van der Waals surface area contributed by atoms with Gasteiger partial charge in [0.15, 0.2) is 5.82 Å². The van der Waals surface area contributed by atoms with Crippen LogP contribution in [0.5, 0.6) is 0 Å². The third-order valence-corrected chi connectivity index (χ3v) is 4.96. The number of ether oxygens (including phenoxy) is 2. The Bertz CT molecular complexity index is 1040. The van der Waals surface area contributed by atoms with Crippen molar-refractivity contribution < 1.29 is 28.4 Å². The molecule has 0 N–H and O–H groups in total. The quantitative estimate of drug-likeness (QED) is 0.479. The van der Waals surface area contributed by atoms with E-state index < -0.39 is 28.5 Å². The third kappa shape index (κ3) is 6.33. The maximum Gasteiger partial charge on any atom is 0.429 e. The van der Waals surface area contributed by atoms with Crippen molar-refractivity contribution in [1.29, 1.82) is 0 Å². The van der Waals surface area contributed by atoms with Gasteiger partial charge in [-0.25, -0.2) is 24.0 Å². The lowest BCUT2D eigenvalue weighted by molar-refractivity contribution is -0.385. The minimum atomic E-state index is -0.798. The zero-order chi connectivity index (χ0) is 24.9. The average molecular weight is 474 g/mol. The second-order valence-corrected chi connectivity index (χ2v) is 8.65. The second kappa shape index (κ2) is 10.4. The van der Waals surface area contributed by atoms with Crippen LogP contribution in [-0.2, 0) is 16.1 Å². The molecule has 34 heavy (non-hydrogen) atoms. The number of amides is 2. The summed E-state index contributed by atoms with van der Waals surface area (Å²) in [4.78, 5) is 37.6. The first-order valence-corrected chi connectivity index (χ1v) is 10.7. The van der Waals surface area contributed by atoms with Gasteiger partial charge in [-0.1, -0.05) is 30.3 Å². The number of hydrogen-bond acceptors (Lipinski definition) is 7. The second-order valence-electron chi connectivity index (χ2n) is 8.65. The van der Waals surface area contributed by atoms with E-state index >= 15 is 0 Å². The monoisotopic (exact) mass is 474 g/mol. The molecule has 1 fully saturated rings. The van der Waals surface area contributed by atoms with E-state index in [0.29, 0.717) is 0 Å². The number of benzene rings is 2. The van der Waals surface area contributed by atoms with Gasteiger partial charge < -0.3 is 14.4 Å². The van der Waals surface area contributed by atoms with Crippen LogP contribution in [0.3, 0.4) is 0 Å². The molecule has 10 nitrogen and oxygen atoms in total. The summed E-state index contributed by atoms with van der Waals surface area (Å²) in [7, 11) is 0. The highest BCUT2D eigenvalue weighted by Gasteiger charge is 2.34. The van der Waals surface area contributed by atoms with E-state index in [1.165, 1.54) is 12.1 Å². The molecule has 0 bridgehead atoms. The Balaban J connectivity index is 1.80. The Kier molecular flexibility index (Phi) is 7.54. The van der Waals surface area contributed by atoms with Crippen LogP contribution in [0.1, 0.15) is 26.3 Å². The van der Waals surface area contributed by atoms with E-state index in [2.05, 4.69) is 0 Å². The molecule has 1 aliphatic rings. The Morgan fingerprint density at radius 1 is 1.00 bits per heavy atom. The van der Waals surface area contributed by atoms with Gasteiger partial charge in [0.25, 0.3) is 5.69 Å². The van der Waals surface area contributed by atoms with Crippen LogP contribution >= 0.6 is 0 Å². The van der Waals surface area contributed by atoms with Crippen molar-refractivity contribution >= 4 is 23.6 Å². The van der Waals surface area contributed by atoms with Gasteiger partial charge >= 0.3 is 12.2 Å². The standard InChI is InChI=1S/C23H27FN4O6/c1-23(2,3)34-22(30)27-14-12-25(20-10-9-18(28(31)32)15-19(20)24)11-13-26(27)21(29)33-16-17-7-5-4-6-8-17/h4-10,15H,11-14,16H2,1-3H3. The number of hydrogen-bond donors (Lipinski definition) is 0. The van der Waals surface area contributed by atoms with Crippen LogP contribution in [0.4, 0.5) is 25.4 Å². The van der Waals surface area contributed by atoms with Gasteiger partial charge in [-0.3, -0.25) is 10.1 Å². The molecule has 2 amide bonds. The predicted molar refractivity (Wildman–Crippen MR) is 122 cm³/mol. The fourth-order valence-electron chi connectivity index (χ4n) is 3.38. The molecule has 2 aromatic carbocycles. The van der Waals surface area contributed by atoms with E-state index in [1.54, 1.807) is 37.8 Å². The number of nitro benzene ring substituents is 1. The van der Waals surface area contributed by atoms with E-state index in [4.69, 9.17) is 9.47 Å². The van der Waals surface area contributed by atoms with Crippen molar-refractivity contribution in [2.45, 2.75) is 33.0 Å². The van der Waals surface area contributed by atoms with Crippen molar-refractivity contribution in [3.05, 3.63) is 70.0 Å². The van der Waals surface area contributed by atoms with Gasteiger partial charge in [-0.05, 0) is 32.4 Å². The topological polar surface area (TPSA) is 105 Å². The zero-order valence-electron chi connectivity index (χ0n) is 19.3. The number of halogens is 1. The van der Waals surface area contributed by atoms with Gasteiger partial charge in [0, 0.05) is 19.2 Å². The molecule has 0 saturated carbocycles. The summed E-state index contributed by atoms with van der Waals surface area (Å²) >= 11 is 0. The molecule has 0 atom stereocenters. The van der Waals surface area contributed by atoms with Crippen LogP contribution in [0, 0.1) is 15.9 Å². The SMILES string of the molecule is CC(C)(C)OC(=O)N1CCN(c2ccc([N+](=O)[O-])cc2F)CCN1C(=O)OCc1ccccc1. The molecular formula is C23H27FN4O6. The molecule has 3 rings (SSSR count). The van der Waals surface area contributed by atoms with Crippen LogP contribution < -0.4 is 4.90 Å². The molecule has 0 spiro atoms. The Hall–Kier alpha value is -3.89. The third-order valence-electron chi connectivity index (χ3n) is 4.96. The van der Waals surface area contributed by atoms with Gasteiger partial charge in [-0.15, -0.1) is 0 Å². The fraction of sp³-hybridized carbons (Fsp3) is 0.391. The average Bonchev–Trinajstić information content (AvgIpc) is 3.00. The normalized spacial score (nSPS) is 14.4. The van der Waals surface area contributed by atoms with Gasteiger partial charge in [0.2, 0.25) is 0 Å². The smallest absolute Gasteiger partial charge is 0.429 e. The largest absolute Gasteiger partial charge is 0.443 e. The molecule has 0 aromatic heterocycles. The first-order chi connectivity index (χ1) is 16.0. The maximum atomic E-state index is 14.6. The van der Waals surface area contributed by atoms with Crippen molar-refractivity contribution in [1.82, 2.24) is 10.0 Å². The number of nitro groups is 1. The van der Waals surface area contributed by atoms with Crippen LogP contribution in [0.15, 0.2) is 48.5 Å². The van der Waals surface area contributed by atoms with E-state index in [0.717, 1.165) is 21.6 Å². The minimum Gasteiger partial charge on any atom is -0.443 e. The van der Waals surface area contributed by atoms with E-state index in [9.17, 15) is 24.1 Å². The molecule has 0 radical (unpaired) electrons. The maximum absolute atomic E-state index is 14.6. The van der Waals surface area contributed by atoms with Crippen LogP contribution in [-0.4, -0.2) is 58.9 Å². The lowest BCUT2D eigenvalue weighted by atomic mass is 10.2. The summed E-state index contributed by atoms with van der Waals surface area (Å²) in [6.07, 6.45) is -1.49. The Morgan fingerprint density at radius 2 is 1.62 bits per heavy atom. The molecule has 1 heterocycles. The minimum absolute atomic E-state index is 0.00327. The number of rotatable bonds is 4. The van der Waals surface area contributed by atoms with Crippen molar-refractivity contribution in [3.63, 3.8) is 0 Å². The molecule has 11 heteroatoms. The molecule has 0 aliphatic carbocycles. The lowest BCUT2D eigenvalue weighted by Crippen LogP contribution is -2.52. The van der Waals surface area contributed by atoms with Gasteiger partial charge in [-0.2, -0.15) is 0 Å². The van der Waals surface area contributed by atoms with Crippen molar-refractivity contribution in [2.75, 3.05) is 31.1 Å². The lowest BCUT2D eigenvalue weighted by Gasteiger charge is -2.33. The summed E-state index contributed by atoms with van der Waals surface area (Å²) in [5.74, 6) is -0.766. The molecule has 1 aliphatic heterocycles. The summed E-state index contributed by atoms with van der Waals surface area (Å²) in [5.41, 5.74) is -0.247. The van der Waals surface area contributed by atoms with E-state index in [1.807, 2.05) is 18.2 Å². The van der Waals surface area contributed by atoms with E-state index in [-0.39, 0.29) is 44.2 Å².